The van der Waals surface area contributed by atoms with Crippen LogP contribution in [0.15, 0.2) is 52.9 Å². The van der Waals surface area contributed by atoms with Gasteiger partial charge in [-0.05, 0) is 62.6 Å². The third-order valence-electron chi connectivity index (χ3n) is 4.04. The molecule has 0 bridgehead atoms. The minimum atomic E-state index is -0.589. The molecule has 6 nitrogen and oxygen atoms in total. The van der Waals surface area contributed by atoms with Gasteiger partial charge in [0.15, 0.2) is 17.7 Å². The number of rotatable bonds is 9. The highest BCUT2D eigenvalue weighted by atomic mass is 35.5. The minimum Gasteiger partial charge on any atom is -0.492 e. The quantitative estimate of drug-likeness (QED) is 0.434. The molecule has 29 heavy (non-hydrogen) atoms. The maximum atomic E-state index is 13.8. The van der Waals surface area contributed by atoms with E-state index in [1.54, 1.807) is 41.9 Å². The smallest absolute Gasteiger partial charge is 0.288 e. The van der Waals surface area contributed by atoms with Crippen LogP contribution in [-0.2, 0) is 6.67 Å². The molecule has 0 aliphatic rings. The summed E-state index contributed by atoms with van der Waals surface area (Å²) in [5, 5.41) is 5.02. The second kappa shape index (κ2) is 9.87. The summed E-state index contributed by atoms with van der Waals surface area (Å²) in [7, 11) is 1.92. The van der Waals surface area contributed by atoms with Crippen LogP contribution in [0.4, 0.5) is 4.39 Å². The van der Waals surface area contributed by atoms with Gasteiger partial charge in [0.1, 0.15) is 12.4 Å². The van der Waals surface area contributed by atoms with Gasteiger partial charge in [-0.1, -0.05) is 23.7 Å². The fourth-order valence-electron chi connectivity index (χ4n) is 2.51. The summed E-state index contributed by atoms with van der Waals surface area (Å²) in [4.78, 5) is 2.20. The third-order valence-corrected chi connectivity index (χ3v) is 4.59. The zero-order valence-electron chi connectivity index (χ0n) is 16.0. The molecule has 154 valence electrons. The Morgan fingerprint density at radius 3 is 2.69 bits per heavy atom. The number of benzene rings is 2. The van der Waals surface area contributed by atoms with Gasteiger partial charge in [-0.15, -0.1) is 5.10 Å². The van der Waals surface area contributed by atoms with Crippen molar-refractivity contribution in [2.45, 2.75) is 19.7 Å². The van der Waals surface area contributed by atoms with E-state index in [0.717, 1.165) is 5.75 Å². The molecule has 1 atom stereocenters. The molecule has 0 spiro atoms. The lowest BCUT2D eigenvalue weighted by molar-refractivity contribution is 0.179. The van der Waals surface area contributed by atoms with Gasteiger partial charge in [-0.25, -0.2) is 9.07 Å². The molecule has 0 aliphatic heterocycles. The Bertz CT molecular complexity index is 993. The van der Waals surface area contributed by atoms with Crippen molar-refractivity contribution in [2.24, 2.45) is 0 Å². The molecular formula is C20H21ClFN3O3S. The summed E-state index contributed by atoms with van der Waals surface area (Å²) in [6.07, 6.45) is -0.589. The molecule has 1 aromatic heterocycles. The molecule has 0 radical (unpaired) electrons. The molecular weight excluding hydrogens is 417 g/mol. The molecule has 0 saturated heterocycles. The van der Waals surface area contributed by atoms with Gasteiger partial charge in [0, 0.05) is 11.6 Å². The Hall–Kier alpha value is -2.42. The van der Waals surface area contributed by atoms with Crippen molar-refractivity contribution in [3.63, 3.8) is 0 Å². The largest absolute Gasteiger partial charge is 0.492 e. The summed E-state index contributed by atoms with van der Waals surface area (Å²) in [5.74, 6) is 0.719. The lowest BCUT2D eigenvalue weighted by atomic mass is 10.3. The van der Waals surface area contributed by atoms with Crippen molar-refractivity contribution >= 4 is 23.8 Å². The molecule has 3 rings (SSSR count). The first-order valence-corrected chi connectivity index (χ1v) is 9.77. The first kappa shape index (κ1) is 21.3. The number of ether oxygens (including phenoxy) is 2. The zero-order valence-corrected chi connectivity index (χ0v) is 17.6. The van der Waals surface area contributed by atoms with E-state index >= 15 is 0 Å². The molecule has 3 aromatic rings. The summed E-state index contributed by atoms with van der Waals surface area (Å²) >= 11 is 11.1. The molecule has 0 aliphatic carbocycles. The Labute approximate surface area is 178 Å². The monoisotopic (exact) mass is 437 g/mol. The fraction of sp³-hybridized carbons (Fsp3) is 0.300. The summed E-state index contributed by atoms with van der Waals surface area (Å²) in [6.45, 7) is 3.27. The Morgan fingerprint density at radius 2 is 1.97 bits per heavy atom. The highest BCUT2D eigenvalue weighted by Gasteiger charge is 2.17. The number of aromatic nitrogens is 2. The molecule has 0 N–H and O–H groups in total. The topological polar surface area (TPSA) is 52.7 Å². The molecule has 0 saturated carbocycles. The van der Waals surface area contributed by atoms with Crippen molar-refractivity contribution in [3.05, 3.63) is 70.1 Å². The van der Waals surface area contributed by atoms with Gasteiger partial charge in [-0.3, -0.25) is 4.90 Å². The fourth-order valence-corrected chi connectivity index (χ4v) is 2.82. The van der Waals surface area contributed by atoms with E-state index in [1.807, 2.05) is 24.1 Å². The predicted molar refractivity (Wildman–Crippen MR) is 110 cm³/mol. The van der Waals surface area contributed by atoms with Crippen molar-refractivity contribution in [1.29, 1.82) is 0 Å². The number of nitrogens with zero attached hydrogens (tertiary/aromatic N) is 3. The number of para-hydroxylation sites is 1. The summed E-state index contributed by atoms with van der Waals surface area (Å²) in [5.41, 5.74) is 0. The lowest BCUT2D eigenvalue weighted by Gasteiger charge is -2.16. The standard InChI is InChI=1S/C20H21ClFN3O3S/c1-14(27-18-6-4-3-5-17(18)22)19-23-25(20(29)28-19)13-24(2)11-12-26-16-9-7-15(21)8-10-16/h3-10,14H,11-13H2,1-2H3. The Kier molecular flexibility index (Phi) is 7.24. The van der Waals surface area contributed by atoms with E-state index in [1.165, 1.54) is 6.07 Å². The molecule has 9 heteroatoms. The van der Waals surface area contributed by atoms with Crippen LogP contribution in [0.5, 0.6) is 11.5 Å². The van der Waals surface area contributed by atoms with Crippen molar-refractivity contribution in [2.75, 3.05) is 20.2 Å². The van der Waals surface area contributed by atoms with E-state index in [9.17, 15) is 4.39 Å². The molecule has 2 aromatic carbocycles. The number of hydrogen-bond acceptors (Lipinski definition) is 6. The average molecular weight is 438 g/mol. The van der Waals surface area contributed by atoms with Gasteiger partial charge < -0.3 is 13.9 Å². The van der Waals surface area contributed by atoms with Crippen LogP contribution in [0, 0.1) is 10.7 Å². The number of likely N-dealkylation sites (N-methyl/N-ethyl adjacent to an activating group) is 1. The van der Waals surface area contributed by atoms with E-state index in [4.69, 9.17) is 37.7 Å². The first-order chi connectivity index (χ1) is 13.9. The average Bonchev–Trinajstić information content (AvgIpc) is 3.06. The predicted octanol–water partition coefficient (Wildman–Crippen LogP) is 5.11. The van der Waals surface area contributed by atoms with Crippen LogP contribution < -0.4 is 9.47 Å². The maximum Gasteiger partial charge on any atom is 0.288 e. The van der Waals surface area contributed by atoms with Crippen LogP contribution in [0.2, 0.25) is 5.02 Å². The molecule has 1 heterocycles. The zero-order chi connectivity index (χ0) is 20.8. The summed E-state index contributed by atoms with van der Waals surface area (Å²) < 4.78 is 32.1. The third kappa shape index (κ3) is 6.03. The second-order valence-corrected chi connectivity index (χ2v) is 7.21. The molecule has 0 fully saturated rings. The van der Waals surface area contributed by atoms with Gasteiger partial charge in [0.05, 0.1) is 6.67 Å². The van der Waals surface area contributed by atoms with Gasteiger partial charge in [0.25, 0.3) is 10.7 Å². The van der Waals surface area contributed by atoms with E-state index in [-0.39, 0.29) is 16.5 Å². The normalized spacial score (nSPS) is 12.2. The number of halogens is 2. The van der Waals surface area contributed by atoms with Crippen molar-refractivity contribution < 1.29 is 18.3 Å². The van der Waals surface area contributed by atoms with Crippen LogP contribution in [0.1, 0.15) is 18.9 Å². The van der Waals surface area contributed by atoms with Crippen LogP contribution >= 0.6 is 23.8 Å². The van der Waals surface area contributed by atoms with Crippen LogP contribution in [0.25, 0.3) is 0 Å². The van der Waals surface area contributed by atoms with Gasteiger partial charge in [0.2, 0.25) is 0 Å². The second-order valence-electron chi connectivity index (χ2n) is 6.42. The van der Waals surface area contributed by atoms with Crippen molar-refractivity contribution in [3.8, 4) is 11.5 Å². The first-order valence-electron chi connectivity index (χ1n) is 8.98. The SMILES string of the molecule is CC(Oc1ccccc1F)c1nn(CN(C)CCOc2ccc(Cl)cc2)c(=S)o1. The minimum absolute atomic E-state index is 0.132. The summed E-state index contributed by atoms with van der Waals surface area (Å²) in [6, 6.07) is 13.4. The highest BCUT2D eigenvalue weighted by molar-refractivity contribution is 7.71. The Balaban J connectivity index is 1.53. The molecule has 0 amide bonds. The van der Waals surface area contributed by atoms with Crippen LogP contribution in [0.3, 0.4) is 0 Å². The highest BCUT2D eigenvalue weighted by Crippen LogP contribution is 2.23. The van der Waals surface area contributed by atoms with Crippen molar-refractivity contribution in [1.82, 2.24) is 14.7 Å². The van der Waals surface area contributed by atoms with E-state index < -0.39 is 11.9 Å². The molecule has 1 unspecified atom stereocenters. The van der Waals surface area contributed by atoms with E-state index in [0.29, 0.717) is 24.8 Å². The van der Waals surface area contributed by atoms with Crippen LogP contribution in [-0.4, -0.2) is 34.9 Å². The Morgan fingerprint density at radius 1 is 1.24 bits per heavy atom. The van der Waals surface area contributed by atoms with Gasteiger partial charge >= 0.3 is 0 Å². The lowest BCUT2D eigenvalue weighted by Crippen LogP contribution is -2.27. The van der Waals surface area contributed by atoms with Gasteiger partial charge in [-0.2, -0.15) is 0 Å². The number of hydrogen-bond donors (Lipinski definition) is 0. The maximum absolute atomic E-state index is 13.8. The van der Waals surface area contributed by atoms with E-state index in [2.05, 4.69) is 5.10 Å².